The number of piperidine rings is 1. The van der Waals surface area contributed by atoms with Gasteiger partial charge < -0.3 is 15.4 Å². The van der Waals surface area contributed by atoms with Crippen molar-refractivity contribution in [1.29, 1.82) is 0 Å². The highest BCUT2D eigenvalue weighted by Crippen LogP contribution is 2.19. The van der Waals surface area contributed by atoms with Gasteiger partial charge in [0.25, 0.3) is 0 Å². The van der Waals surface area contributed by atoms with Gasteiger partial charge in [-0.1, -0.05) is 24.3 Å². The molecule has 1 amide bonds. The van der Waals surface area contributed by atoms with E-state index < -0.39 is 5.54 Å². The molecule has 0 aliphatic carbocycles. The van der Waals surface area contributed by atoms with E-state index in [2.05, 4.69) is 16.7 Å². The van der Waals surface area contributed by atoms with E-state index in [4.69, 9.17) is 4.74 Å². The second-order valence-electron chi connectivity index (χ2n) is 5.80. The van der Waals surface area contributed by atoms with Gasteiger partial charge in [-0.2, -0.15) is 0 Å². The number of carbonyl (C=O) groups excluding carboxylic acids is 1. The molecule has 0 radical (unpaired) electrons. The summed E-state index contributed by atoms with van der Waals surface area (Å²) in [4.78, 5) is 12.4. The van der Waals surface area contributed by atoms with E-state index in [1.54, 1.807) is 0 Å². The van der Waals surface area contributed by atoms with Gasteiger partial charge in [0.2, 0.25) is 5.91 Å². The van der Waals surface area contributed by atoms with Gasteiger partial charge in [-0.05, 0) is 50.8 Å². The first-order chi connectivity index (χ1) is 10.2. The quantitative estimate of drug-likeness (QED) is 0.845. The zero-order valence-electron chi connectivity index (χ0n) is 13.5. The highest BCUT2D eigenvalue weighted by Gasteiger charge is 2.33. The molecule has 1 aliphatic heterocycles. The van der Waals surface area contributed by atoms with Crippen molar-refractivity contribution in [2.24, 2.45) is 0 Å². The Kier molecular flexibility index (Phi) is 7.87. The second-order valence-corrected chi connectivity index (χ2v) is 5.80. The molecular formula is C17H27ClN2O2. The molecule has 0 saturated carbocycles. The third-order valence-corrected chi connectivity index (χ3v) is 4.14. The lowest BCUT2D eigenvalue weighted by molar-refractivity contribution is -0.128. The van der Waals surface area contributed by atoms with Crippen LogP contribution in [0.2, 0.25) is 0 Å². The monoisotopic (exact) mass is 326 g/mol. The van der Waals surface area contributed by atoms with Crippen molar-refractivity contribution in [3.63, 3.8) is 0 Å². The van der Waals surface area contributed by atoms with Gasteiger partial charge in [-0.15, -0.1) is 12.4 Å². The summed E-state index contributed by atoms with van der Waals surface area (Å²) in [6, 6.07) is 8.10. The highest BCUT2D eigenvalue weighted by atomic mass is 35.5. The fourth-order valence-corrected chi connectivity index (χ4v) is 2.70. The zero-order valence-corrected chi connectivity index (χ0v) is 14.3. The Labute approximate surface area is 139 Å². The summed E-state index contributed by atoms with van der Waals surface area (Å²) in [6.45, 7) is 6.75. The lowest BCUT2D eigenvalue weighted by Crippen LogP contribution is -2.56. The largest absolute Gasteiger partial charge is 0.377 e. The molecule has 0 bridgehead atoms. The molecular weight excluding hydrogens is 300 g/mol. The topological polar surface area (TPSA) is 50.4 Å². The molecule has 2 N–H and O–H groups in total. The summed E-state index contributed by atoms with van der Waals surface area (Å²) in [5.74, 6) is 0.0911. The lowest BCUT2D eigenvalue weighted by Gasteiger charge is -2.33. The van der Waals surface area contributed by atoms with Crippen LogP contribution in [0.25, 0.3) is 0 Å². The van der Waals surface area contributed by atoms with Crippen LogP contribution in [-0.2, 0) is 22.7 Å². The minimum absolute atomic E-state index is 0. The molecule has 22 heavy (non-hydrogen) atoms. The number of carbonyl (C=O) groups is 1. The minimum atomic E-state index is -0.423. The molecule has 1 fully saturated rings. The van der Waals surface area contributed by atoms with E-state index in [9.17, 15) is 4.79 Å². The maximum atomic E-state index is 12.4. The van der Waals surface area contributed by atoms with E-state index in [0.29, 0.717) is 19.8 Å². The summed E-state index contributed by atoms with van der Waals surface area (Å²) in [7, 11) is 0. The first kappa shape index (κ1) is 18.9. The molecule has 1 unspecified atom stereocenters. The van der Waals surface area contributed by atoms with E-state index in [1.165, 1.54) is 0 Å². The van der Waals surface area contributed by atoms with Crippen LogP contribution in [0.4, 0.5) is 0 Å². The summed E-state index contributed by atoms with van der Waals surface area (Å²) < 4.78 is 5.48. The molecule has 4 nitrogen and oxygen atoms in total. The Bertz CT molecular complexity index is 473. The van der Waals surface area contributed by atoms with E-state index in [-0.39, 0.29) is 18.3 Å². The Morgan fingerprint density at radius 3 is 2.68 bits per heavy atom. The number of halogens is 1. The fraction of sp³-hybridized carbons (Fsp3) is 0.588. The Balaban J connectivity index is 0.00000242. The van der Waals surface area contributed by atoms with Crippen LogP contribution < -0.4 is 10.6 Å². The van der Waals surface area contributed by atoms with Crippen LogP contribution >= 0.6 is 12.4 Å². The van der Waals surface area contributed by atoms with Crippen molar-refractivity contribution < 1.29 is 9.53 Å². The van der Waals surface area contributed by atoms with Gasteiger partial charge in [0.15, 0.2) is 0 Å². The van der Waals surface area contributed by atoms with Crippen LogP contribution in [0, 0.1) is 0 Å². The number of nitrogens with one attached hydrogen (secondary N) is 2. The summed E-state index contributed by atoms with van der Waals surface area (Å²) in [5.41, 5.74) is 1.84. The normalized spacial score (nSPS) is 21.0. The Morgan fingerprint density at radius 2 is 2.05 bits per heavy atom. The van der Waals surface area contributed by atoms with Crippen molar-refractivity contribution in [1.82, 2.24) is 10.6 Å². The van der Waals surface area contributed by atoms with Crippen LogP contribution in [0.5, 0.6) is 0 Å². The molecule has 1 atom stereocenters. The lowest BCUT2D eigenvalue weighted by atomic mass is 9.90. The van der Waals surface area contributed by atoms with E-state index in [0.717, 1.165) is 36.9 Å². The summed E-state index contributed by atoms with van der Waals surface area (Å²) in [5, 5.41) is 6.41. The number of ether oxygens (including phenoxy) is 1. The predicted molar refractivity (Wildman–Crippen MR) is 91.1 cm³/mol. The number of amides is 1. The molecule has 0 spiro atoms. The molecule has 0 aromatic heterocycles. The van der Waals surface area contributed by atoms with Crippen molar-refractivity contribution >= 4 is 18.3 Å². The summed E-state index contributed by atoms with van der Waals surface area (Å²) >= 11 is 0. The van der Waals surface area contributed by atoms with Crippen LogP contribution in [-0.4, -0.2) is 24.6 Å². The van der Waals surface area contributed by atoms with Gasteiger partial charge in [0, 0.05) is 13.2 Å². The molecule has 5 heteroatoms. The van der Waals surface area contributed by atoms with Crippen molar-refractivity contribution in [2.45, 2.75) is 51.8 Å². The smallest absolute Gasteiger partial charge is 0.240 e. The van der Waals surface area contributed by atoms with Crippen LogP contribution in [0.3, 0.4) is 0 Å². The molecule has 1 aliphatic rings. The number of benzene rings is 1. The highest BCUT2D eigenvalue weighted by molar-refractivity contribution is 5.86. The van der Waals surface area contributed by atoms with Gasteiger partial charge in [0.05, 0.1) is 12.1 Å². The number of hydrogen-bond acceptors (Lipinski definition) is 3. The maximum absolute atomic E-state index is 12.4. The molecule has 1 aromatic carbocycles. The van der Waals surface area contributed by atoms with Crippen LogP contribution in [0.1, 0.15) is 44.2 Å². The predicted octanol–water partition coefficient (Wildman–Crippen LogP) is 2.79. The third-order valence-electron chi connectivity index (χ3n) is 4.14. The molecule has 1 heterocycles. The number of rotatable bonds is 6. The third kappa shape index (κ3) is 4.97. The van der Waals surface area contributed by atoms with Crippen molar-refractivity contribution in [3.8, 4) is 0 Å². The second kappa shape index (κ2) is 9.13. The fourth-order valence-electron chi connectivity index (χ4n) is 2.70. The van der Waals surface area contributed by atoms with Gasteiger partial charge >= 0.3 is 0 Å². The average Bonchev–Trinajstić information content (AvgIpc) is 2.52. The van der Waals surface area contributed by atoms with E-state index in [1.807, 2.05) is 32.0 Å². The molecule has 1 aromatic rings. The van der Waals surface area contributed by atoms with Crippen LogP contribution in [0.15, 0.2) is 24.3 Å². The van der Waals surface area contributed by atoms with Crippen molar-refractivity contribution in [3.05, 3.63) is 35.4 Å². The van der Waals surface area contributed by atoms with Gasteiger partial charge in [-0.3, -0.25) is 4.79 Å². The first-order valence-electron chi connectivity index (χ1n) is 7.83. The SMILES string of the molecule is CCOCc1ccccc1CNC(=O)C1(C)CCCCN1.Cl. The zero-order chi connectivity index (χ0) is 15.1. The average molecular weight is 327 g/mol. The molecule has 2 rings (SSSR count). The Hall–Kier alpha value is -1.10. The minimum Gasteiger partial charge on any atom is -0.377 e. The molecule has 124 valence electrons. The van der Waals surface area contributed by atoms with Gasteiger partial charge in [-0.25, -0.2) is 0 Å². The summed E-state index contributed by atoms with van der Waals surface area (Å²) in [6.07, 6.45) is 3.16. The Morgan fingerprint density at radius 1 is 1.32 bits per heavy atom. The van der Waals surface area contributed by atoms with Crippen molar-refractivity contribution in [2.75, 3.05) is 13.2 Å². The standard InChI is InChI=1S/C17H26N2O2.ClH/c1-3-21-13-15-9-5-4-8-14(15)12-18-16(20)17(2)10-6-7-11-19-17;/h4-5,8-9,19H,3,6-7,10-13H2,1-2H3,(H,18,20);1H. The van der Waals surface area contributed by atoms with Gasteiger partial charge in [0.1, 0.15) is 0 Å². The maximum Gasteiger partial charge on any atom is 0.240 e. The van der Waals surface area contributed by atoms with E-state index >= 15 is 0 Å². The first-order valence-corrected chi connectivity index (χ1v) is 7.83. The molecule has 1 saturated heterocycles. The number of hydrogen-bond donors (Lipinski definition) is 2.